The number of hydrogen-bond donors (Lipinski definition) is 3. The molecule has 10 heteroatoms. The number of carboxylic acids is 2. The van der Waals surface area contributed by atoms with Gasteiger partial charge in [0.25, 0.3) is 0 Å². The molecule has 4 rings (SSSR count). The fourth-order valence-electron chi connectivity index (χ4n) is 3.99. The molecule has 0 radical (unpaired) electrons. The molecule has 3 atom stereocenters. The van der Waals surface area contributed by atoms with Crippen molar-refractivity contribution in [2.45, 2.75) is 28.5 Å². The number of benzene rings is 2. The van der Waals surface area contributed by atoms with Gasteiger partial charge in [-0.2, -0.15) is 4.72 Å². The summed E-state index contributed by atoms with van der Waals surface area (Å²) in [5.41, 5.74) is 0.491. The second-order valence-corrected chi connectivity index (χ2v) is 11.1. The molecule has 3 N–H and O–H groups in total. The molecule has 0 aliphatic heterocycles. The molecule has 0 bridgehead atoms. The van der Waals surface area contributed by atoms with Crippen molar-refractivity contribution < 1.29 is 33.0 Å². The van der Waals surface area contributed by atoms with Crippen LogP contribution >= 0.6 is 11.6 Å². The summed E-state index contributed by atoms with van der Waals surface area (Å²) in [6.07, 6.45) is 4.68. The molecule has 1 saturated carbocycles. The van der Waals surface area contributed by atoms with E-state index in [4.69, 9.17) is 21.4 Å². The van der Waals surface area contributed by atoms with Crippen LogP contribution in [0.15, 0.2) is 72.8 Å². The number of sulfonamides is 1. The third-order valence-corrected chi connectivity index (χ3v) is 8.67. The summed E-state index contributed by atoms with van der Waals surface area (Å²) in [5, 5.41) is 18.7. The SMILES string of the molecule is O=C(O)COc1cccc([C@@H]2C[C@]2(NS(=O)(=O)C2(Cl)C=CC(c3ccccc3)=CC2)C(=O)O)c1. The maximum Gasteiger partial charge on any atom is 0.341 e. The van der Waals surface area contributed by atoms with Crippen LogP contribution in [0.5, 0.6) is 5.75 Å². The van der Waals surface area contributed by atoms with Crippen molar-refractivity contribution in [1.82, 2.24) is 4.72 Å². The Hall–Kier alpha value is -3.14. The average Bonchev–Trinajstić information content (AvgIpc) is 3.54. The molecule has 178 valence electrons. The minimum absolute atomic E-state index is 0.0196. The topological polar surface area (TPSA) is 130 Å². The van der Waals surface area contributed by atoms with E-state index in [2.05, 4.69) is 4.72 Å². The van der Waals surface area contributed by atoms with Crippen LogP contribution in [0, 0.1) is 0 Å². The van der Waals surface area contributed by atoms with Crippen molar-refractivity contribution in [3.8, 4) is 5.75 Å². The highest BCUT2D eigenvalue weighted by Crippen LogP contribution is 2.53. The van der Waals surface area contributed by atoms with Gasteiger partial charge in [0.15, 0.2) is 10.8 Å². The zero-order valence-electron chi connectivity index (χ0n) is 17.8. The first-order valence-electron chi connectivity index (χ1n) is 10.4. The number of halogens is 1. The van der Waals surface area contributed by atoms with Crippen LogP contribution in [-0.2, 0) is 19.6 Å². The predicted molar refractivity (Wildman–Crippen MR) is 126 cm³/mol. The summed E-state index contributed by atoms with van der Waals surface area (Å²) in [5.74, 6) is -2.90. The summed E-state index contributed by atoms with van der Waals surface area (Å²) in [6, 6.07) is 15.7. The van der Waals surface area contributed by atoms with E-state index in [0.717, 1.165) is 11.1 Å². The highest BCUT2D eigenvalue weighted by atomic mass is 35.5. The van der Waals surface area contributed by atoms with E-state index >= 15 is 0 Å². The quantitative estimate of drug-likeness (QED) is 0.447. The molecular formula is C24H22ClNO7S. The van der Waals surface area contributed by atoms with Gasteiger partial charge in [-0.1, -0.05) is 66.2 Å². The third kappa shape index (κ3) is 4.59. The highest BCUT2D eigenvalue weighted by Gasteiger charge is 2.64. The monoisotopic (exact) mass is 503 g/mol. The molecule has 1 unspecified atom stereocenters. The van der Waals surface area contributed by atoms with E-state index in [0.29, 0.717) is 5.56 Å². The molecule has 2 aliphatic carbocycles. The first-order valence-corrected chi connectivity index (χ1v) is 12.3. The van der Waals surface area contributed by atoms with E-state index in [1.807, 2.05) is 30.3 Å². The molecule has 34 heavy (non-hydrogen) atoms. The van der Waals surface area contributed by atoms with Gasteiger partial charge in [-0.25, -0.2) is 13.2 Å². The van der Waals surface area contributed by atoms with Crippen LogP contribution in [0.3, 0.4) is 0 Å². The first kappa shape index (κ1) is 24.0. The lowest BCUT2D eigenvalue weighted by Crippen LogP contribution is -2.51. The number of alkyl halides is 1. The van der Waals surface area contributed by atoms with Crippen molar-refractivity contribution in [3.63, 3.8) is 0 Å². The molecule has 0 heterocycles. The standard InChI is InChI=1S/C24H22ClNO7S/c25-23(11-9-17(10-12-23)16-5-2-1-3-6-16)34(31,32)26-24(22(29)30)14-20(24)18-7-4-8-19(13-18)33-15-21(27)28/h1-11,13,20,26H,12,14-15H2,(H,27,28)(H,29,30)/t20-,23?,24+/m0/s1. The van der Waals surface area contributed by atoms with E-state index in [-0.39, 0.29) is 18.6 Å². The predicted octanol–water partition coefficient (Wildman–Crippen LogP) is 3.36. The third-order valence-electron chi connectivity index (χ3n) is 5.95. The second kappa shape index (κ2) is 8.90. The van der Waals surface area contributed by atoms with Crippen molar-refractivity contribution in [2.75, 3.05) is 6.61 Å². The van der Waals surface area contributed by atoms with Crippen molar-refractivity contribution in [2.24, 2.45) is 0 Å². The number of allylic oxidation sites excluding steroid dienone is 3. The number of ether oxygens (including phenoxy) is 1. The number of rotatable bonds is 9. The Balaban J connectivity index is 1.53. The molecule has 2 aliphatic rings. The summed E-state index contributed by atoms with van der Waals surface area (Å²) in [6.45, 7) is -0.551. The normalized spacial score (nSPS) is 25.9. The fourth-order valence-corrected chi connectivity index (χ4v) is 5.76. The smallest absolute Gasteiger partial charge is 0.341 e. The fraction of sp³-hybridized carbons (Fsp3) is 0.250. The lowest BCUT2D eigenvalue weighted by molar-refractivity contribution is -0.140. The minimum Gasteiger partial charge on any atom is -0.482 e. The molecular weight excluding hydrogens is 482 g/mol. The Kier molecular flexibility index (Phi) is 6.28. The van der Waals surface area contributed by atoms with Gasteiger partial charge in [-0.15, -0.1) is 0 Å². The molecule has 0 spiro atoms. The molecule has 0 aromatic heterocycles. The van der Waals surface area contributed by atoms with Crippen molar-refractivity contribution >= 4 is 39.1 Å². The molecule has 0 saturated heterocycles. The van der Waals surface area contributed by atoms with Crippen LogP contribution in [-0.4, -0.2) is 46.9 Å². The number of carboxylic acid groups (broad SMARTS) is 2. The Bertz CT molecular complexity index is 1290. The van der Waals surface area contributed by atoms with Gasteiger partial charge < -0.3 is 14.9 Å². The van der Waals surface area contributed by atoms with Gasteiger partial charge in [0.05, 0.1) is 0 Å². The zero-order chi connectivity index (χ0) is 24.6. The Morgan fingerprint density at radius 3 is 2.47 bits per heavy atom. The minimum atomic E-state index is -4.31. The average molecular weight is 504 g/mol. The maximum atomic E-state index is 13.3. The highest BCUT2D eigenvalue weighted by molar-refractivity contribution is 7.92. The lowest BCUT2D eigenvalue weighted by Gasteiger charge is -2.28. The van der Waals surface area contributed by atoms with E-state index < -0.39 is 44.2 Å². The first-order chi connectivity index (χ1) is 16.1. The van der Waals surface area contributed by atoms with Gasteiger partial charge in [0.1, 0.15) is 11.3 Å². The summed E-state index contributed by atoms with van der Waals surface area (Å²) in [4.78, 5) is 22.9. The van der Waals surface area contributed by atoms with Crippen molar-refractivity contribution in [1.29, 1.82) is 0 Å². The largest absolute Gasteiger partial charge is 0.482 e. The molecule has 8 nitrogen and oxygen atoms in total. The summed E-state index contributed by atoms with van der Waals surface area (Å²) < 4.78 is 32.2. The van der Waals surface area contributed by atoms with Crippen molar-refractivity contribution in [3.05, 3.63) is 84.0 Å². The van der Waals surface area contributed by atoms with Crippen LogP contribution in [0.1, 0.15) is 29.9 Å². The van der Waals surface area contributed by atoms with E-state index in [9.17, 15) is 23.1 Å². The van der Waals surface area contributed by atoms with Gasteiger partial charge in [0.2, 0.25) is 10.0 Å². The number of aliphatic carboxylic acids is 2. The summed E-state index contributed by atoms with van der Waals surface area (Å²) in [7, 11) is -4.31. The molecule has 2 aromatic carbocycles. The van der Waals surface area contributed by atoms with Gasteiger partial charge in [-0.3, -0.25) is 4.79 Å². The Morgan fingerprint density at radius 2 is 1.85 bits per heavy atom. The van der Waals surface area contributed by atoms with E-state index in [1.54, 1.807) is 30.4 Å². The molecule has 0 amide bonds. The Morgan fingerprint density at radius 1 is 1.12 bits per heavy atom. The van der Waals surface area contributed by atoms with Crippen LogP contribution in [0.4, 0.5) is 0 Å². The number of hydrogen-bond acceptors (Lipinski definition) is 5. The van der Waals surface area contributed by atoms with Gasteiger partial charge >= 0.3 is 11.9 Å². The Labute approximate surface area is 201 Å². The number of carbonyl (C=O) groups is 2. The van der Waals surface area contributed by atoms with E-state index in [1.165, 1.54) is 12.1 Å². The van der Waals surface area contributed by atoms with Crippen LogP contribution < -0.4 is 9.46 Å². The lowest BCUT2D eigenvalue weighted by atomic mass is 9.99. The molecule has 2 aromatic rings. The maximum absolute atomic E-state index is 13.3. The number of nitrogens with one attached hydrogen (secondary N) is 1. The van der Waals surface area contributed by atoms with Gasteiger partial charge in [-0.05, 0) is 41.3 Å². The van der Waals surface area contributed by atoms with Crippen LogP contribution in [0.25, 0.3) is 5.57 Å². The second-order valence-electron chi connectivity index (χ2n) is 8.24. The zero-order valence-corrected chi connectivity index (χ0v) is 19.4. The summed E-state index contributed by atoms with van der Waals surface area (Å²) >= 11 is 6.50. The van der Waals surface area contributed by atoms with Crippen LogP contribution in [0.2, 0.25) is 0 Å². The molecule has 1 fully saturated rings. The van der Waals surface area contributed by atoms with Gasteiger partial charge in [0, 0.05) is 12.3 Å².